The maximum absolute atomic E-state index is 10.8. The Morgan fingerprint density at radius 2 is 1.05 bits per heavy atom. The molecule has 0 amide bonds. The van der Waals surface area contributed by atoms with E-state index in [0.29, 0.717) is 0 Å². The Hall–Kier alpha value is -1.58. The molecule has 2 N–H and O–H groups in total. The van der Waals surface area contributed by atoms with E-state index in [4.69, 9.17) is 10.2 Å². The number of allylic oxidation sites excluding steroid dienone is 2. The van der Waals surface area contributed by atoms with Gasteiger partial charge in [-0.2, -0.15) is 0 Å². The number of aliphatic carboxylic acids is 2. The van der Waals surface area contributed by atoms with E-state index in [1.807, 2.05) is 0 Å². The number of carboxylic acid groups (broad SMARTS) is 2. The van der Waals surface area contributed by atoms with Crippen LogP contribution in [-0.2, 0) is 9.59 Å². The predicted molar refractivity (Wildman–Crippen MR) is 77.5 cm³/mol. The average Bonchev–Trinajstić information content (AvgIpc) is 2.41. The summed E-state index contributed by atoms with van der Waals surface area (Å²) in [7, 11) is 0. The first-order valence-corrected chi connectivity index (χ1v) is 7.38. The minimum Gasteiger partial charge on any atom is -0.478 e. The van der Waals surface area contributed by atoms with Gasteiger partial charge in [-0.3, -0.25) is 0 Å². The van der Waals surface area contributed by atoms with Crippen LogP contribution in [0.15, 0.2) is 24.3 Å². The molecule has 0 radical (unpaired) electrons. The topological polar surface area (TPSA) is 74.6 Å². The van der Waals surface area contributed by atoms with E-state index in [9.17, 15) is 9.59 Å². The molecule has 1 aliphatic rings. The van der Waals surface area contributed by atoms with Gasteiger partial charge in [0, 0.05) is 17.6 Å². The van der Waals surface area contributed by atoms with Gasteiger partial charge in [0.2, 0.25) is 0 Å². The van der Waals surface area contributed by atoms with Gasteiger partial charge in [0.25, 0.3) is 0 Å². The zero-order valence-electron chi connectivity index (χ0n) is 11.9. The van der Waals surface area contributed by atoms with Crippen molar-refractivity contribution in [2.24, 2.45) is 5.41 Å². The summed E-state index contributed by atoms with van der Waals surface area (Å²) in [5.41, 5.74) is -0.422. The summed E-state index contributed by atoms with van der Waals surface area (Å²) >= 11 is 0. The van der Waals surface area contributed by atoms with Crippen LogP contribution in [0.25, 0.3) is 0 Å². The maximum Gasteiger partial charge on any atom is 0.328 e. The summed E-state index contributed by atoms with van der Waals surface area (Å²) in [5, 5.41) is 17.7. The van der Waals surface area contributed by atoms with E-state index in [0.717, 1.165) is 50.7 Å². The normalized spacial score (nSPS) is 21.0. The molecule has 0 aromatic heterocycles. The zero-order chi connectivity index (χ0) is 14.8. The van der Waals surface area contributed by atoms with Gasteiger partial charge in [-0.25, -0.2) is 9.59 Å². The van der Waals surface area contributed by atoms with Gasteiger partial charge >= 0.3 is 11.9 Å². The van der Waals surface area contributed by atoms with Crippen LogP contribution < -0.4 is 0 Å². The molecule has 0 saturated heterocycles. The Balaban J connectivity index is 2.89. The van der Waals surface area contributed by atoms with Gasteiger partial charge in [-0.15, -0.1) is 0 Å². The summed E-state index contributed by atoms with van der Waals surface area (Å²) in [6.07, 6.45) is 15.3. The molecule has 0 atom stereocenters. The second kappa shape index (κ2) is 8.56. The summed E-state index contributed by atoms with van der Waals surface area (Å²) in [6, 6.07) is 0. The Kier molecular flexibility index (Phi) is 7.05. The molecule has 0 bridgehead atoms. The maximum atomic E-state index is 10.8. The molecule has 112 valence electrons. The zero-order valence-corrected chi connectivity index (χ0v) is 11.9. The summed E-state index contributed by atoms with van der Waals surface area (Å²) < 4.78 is 0. The van der Waals surface area contributed by atoms with Gasteiger partial charge in [0.15, 0.2) is 0 Å². The van der Waals surface area contributed by atoms with Crippen LogP contribution >= 0.6 is 0 Å². The monoisotopic (exact) mass is 280 g/mol. The summed E-state index contributed by atoms with van der Waals surface area (Å²) in [4.78, 5) is 21.5. The Bertz CT molecular complexity index is 346. The van der Waals surface area contributed by atoms with Crippen LogP contribution in [0.2, 0.25) is 0 Å². The van der Waals surface area contributed by atoms with Crippen molar-refractivity contribution in [3.05, 3.63) is 24.3 Å². The fraction of sp³-hybridized carbons (Fsp3) is 0.625. The van der Waals surface area contributed by atoms with Crippen LogP contribution in [0, 0.1) is 5.41 Å². The number of hydrogen-bond donors (Lipinski definition) is 2. The lowest BCUT2D eigenvalue weighted by molar-refractivity contribution is -0.132. The van der Waals surface area contributed by atoms with Crippen molar-refractivity contribution in [3.8, 4) is 0 Å². The largest absolute Gasteiger partial charge is 0.478 e. The van der Waals surface area contributed by atoms with Crippen LogP contribution in [-0.4, -0.2) is 22.2 Å². The van der Waals surface area contributed by atoms with Crippen molar-refractivity contribution in [1.82, 2.24) is 0 Å². The van der Waals surface area contributed by atoms with Crippen molar-refractivity contribution in [3.63, 3.8) is 0 Å². The van der Waals surface area contributed by atoms with Crippen LogP contribution in [0.1, 0.15) is 57.8 Å². The molecule has 0 aromatic rings. The van der Waals surface area contributed by atoms with Gasteiger partial charge in [0.1, 0.15) is 0 Å². The molecular weight excluding hydrogens is 256 g/mol. The van der Waals surface area contributed by atoms with Gasteiger partial charge < -0.3 is 10.2 Å². The van der Waals surface area contributed by atoms with E-state index in [1.54, 1.807) is 12.2 Å². The molecule has 0 unspecified atom stereocenters. The minimum atomic E-state index is -0.981. The standard InChI is InChI=1S/C16H24O4/c17-14(18)8-12-16(13-9-15(19)20)10-6-4-2-1-3-5-7-11-16/h8-9,12-13H,1-7,10-11H2,(H,17,18)(H,19,20). The summed E-state index contributed by atoms with van der Waals surface area (Å²) in [5.74, 6) is -1.96. The molecular formula is C16H24O4. The second-order valence-electron chi connectivity index (χ2n) is 5.55. The van der Waals surface area contributed by atoms with Gasteiger partial charge in [-0.05, 0) is 12.8 Å². The quantitative estimate of drug-likeness (QED) is 0.768. The fourth-order valence-corrected chi connectivity index (χ4v) is 2.78. The van der Waals surface area contributed by atoms with Gasteiger partial charge in [-0.1, -0.05) is 57.1 Å². The molecule has 4 heteroatoms. The summed E-state index contributed by atoms with van der Waals surface area (Å²) in [6.45, 7) is 0. The number of hydrogen-bond acceptors (Lipinski definition) is 2. The molecule has 4 nitrogen and oxygen atoms in total. The molecule has 1 saturated carbocycles. The molecule has 1 fully saturated rings. The Labute approximate surface area is 120 Å². The SMILES string of the molecule is O=C(O)C=CC1(C=CC(=O)O)CCCCCCCCC1. The lowest BCUT2D eigenvalue weighted by Gasteiger charge is -2.28. The van der Waals surface area contributed by atoms with E-state index in [2.05, 4.69) is 0 Å². The highest BCUT2D eigenvalue weighted by Gasteiger charge is 2.24. The Morgan fingerprint density at radius 1 is 0.700 bits per heavy atom. The van der Waals surface area contributed by atoms with E-state index in [1.165, 1.54) is 19.3 Å². The first-order valence-electron chi connectivity index (χ1n) is 7.38. The highest BCUT2D eigenvalue weighted by molar-refractivity contribution is 5.81. The van der Waals surface area contributed by atoms with E-state index >= 15 is 0 Å². The van der Waals surface area contributed by atoms with Crippen molar-refractivity contribution >= 4 is 11.9 Å². The second-order valence-corrected chi connectivity index (χ2v) is 5.55. The third-order valence-corrected chi connectivity index (χ3v) is 3.90. The van der Waals surface area contributed by atoms with E-state index in [-0.39, 0.29) is 0 Å². The average molecular weight is 280 g/mol. The smallest absolute Gasteiger partial charge is 0.328 e. The molecule has 1 rings (SSSR count). The molecule has 1 aliphatic carbocycles. The first-order chi connectivity index (χ1) is 9.54. The van der Waals surface area contributed by atoms with Crippen molar-refractivity contribution in [1.29, 1.82) is 0 Å². The van der Waals surface area contributed by atoms with Crippen molar-refractivity contribution in [2.75, 3.05) is 0 Å². The minimum absolute atomic E-state index is 0.422. The van der Waals surface area contributed by atoms with Gasteiger partial charge in [0.05, 0.1) is 0 Å². The van der Waals surface area contributed by atoms with Crippen LogP contribution in [0.3, 0.4) is 0 Å². The Morgan fingerprint density at radius 3 is 1.40 bits per heavy atom. The molecule has 0 spiro atoms. The predicted octanol–water partition coefficient (Wildman–Crippen LogP) is 3.78. The molecule has 0 aromatic carbocycles. The van der Waals surface area contributed by atoms with E-state index < -0.39 is 17.4 Å². The number of rotatable bonds is 4. The third-order valence-electron chi connectivity index (χ3n) is 3.90. The van der Waals surface area contributed by atoms with Crippen molar-refractivity contribution in [2.45, 2.75) is 57.8 Å². The van der Waals surface area contributed by atoms with Crippen molar-refractivity contribution < 1.29 is 19.8 Å². The van der Waals surface area contributed by atoms with Crippen LogP contribution in [0.5, 0.6) is 0 Å². The lowest BCUT2D eigenvalue weighted by atomic mass is 9.76. The first kappa shape index (κ1) is 16.5. The highest BCUT2D eigenvalue weighted by Crippen LogP contribution is 2.36. The number of carboxylic acids is 2. The molecule has 0 aliphatic heterocycles. The molecule has 20 heavy (non-hydrogen) atoms. The molecule has 0 heterocycles. The number of carbonyl (C=O) groups is 2. The highest BCUT2D eigenvalue weighted by atomic mass is 16.4. The fourth-order valence-electron chi connectivity index (χ4n) is 2.78. The lowest BCUT2D eigenvalue weighted by Crippen LogP contribution is -2.17. The third kappa shape index (κ3) is 6.55. The van der Waals surface area contributed by atoms with Crippen LogP contribution in [0.4, 0.5) is 0 Å².